The lowest BCUT2D eigenvalue weighted by Crippen LogP contribution is -2.43. The first-order valence-electron chi connectivity index (χ1n) is 10.9. The van der Waals surface area contributed by atoms with Crippen molar-refractivity contribution in [2.45, 2.75) is 44.7 Å². The molecule has 9 nitrogen and oxygen atoms in total. The summed E-state index contributed by atoms with van der Waals surface area (Å²) in [7, 11) is 0. The van der Waals surface area contributed by atoms with Gasteiger partial charge in [0.1, 0.15) is 5.82 Å². The number of hydrogen-bond donors (Lipinski definition) is 4. The maximum Gasteiger partial charge on any atom is 0.227 e. The van der Waals surface area contributed by atoms with Crippen molar-refractivity contribution in [3.63, 3.8) is 0 Å². The summed E-state index contributed by atoms with van der Waals surface area (Å²) in [4.78, 5) is 20.6. The summed E-state index contributed by atoms with van der Waals surface area (Å²) in [6, 6.07) is 14.7. The zero-order chi connectivity index (χ0) is 22.7. The molecule has 2 fully saturated rings. The molecule has 6 N–H and O–H groups in total. The minimum Gasteiger partial charge on any atom is -0.372 e. The van der Waals surface area contributed by atoms with Gasteiger partial charge in [0, 0.05) is 42.4 Å². The molecule has 9 heteroatoms. The SMILES string of the molecule is CCc1cc(Nc2cc(Cc3ccccc3)nc(N3CC4CC4(N)C3C)n2)n[nH]1.NC=O. The lowest BCUT2D eigenvalue weighted by Gasteiger charge is -2.28. The Kier molecular flexibility index (Phi) is 6.09. The average Bonchev–Trinajstić information content (AvgIpc) is 3.11. The van der Waals surface area contributed by atoms with Crippen LogP contribution in [0.5, 0.6) is 0 Å². The minimum absolute atomic E-state index is 0.0788. The maximum atomic E-state index is 8.58. The Morgan fingerprint density at radius 2 is 2.00 bits per heavy atom. The third-order valence-corrected chi connectivity index (χ3v) is 6.38. The second-order valence-electron chi connectivity index (χ2n) is 8.44. The van der Waals surface area contributed by atoms with Crippen LogP contribution in [0, 0.1) is 5.92 Å². The summed E-state index contributed by atoms with van der Waals surface area (Å²) < 4.78 is 0. The van der Waals surface area contributed by atoms with Gasteiger partial charge in [0.15, 0.2) is 5.82 Å². The fourth-order valence-electron chi connectivity index (χ4n) is 4.36. The number of aryl methyl sites for hydroxylation is 1. The standard InChI is InChI=1S/C22H27N7.CH3NO/c1-3-17-10-20(28-27-17)25-19-11-18(9-15-7-5-4-6-8-15)24-21(26-19)29-13-16-12-22(16,23)14(29)2;2-1-3/h4-8,10-11,14,16H,3,9,12-13,23H2,1-2H3,(H2,24,25,26,27,28);1H,(H2,2,3). The number of amides is 1. The van der Waals surface area contributed by atoms with Crippen LogP contribution in [0.25, 0.3) is 0 Å². The molecule has 1 saturated carbocycles. The average molecular weight is 435 g/mol. The van der Waals surface area contributed by atoms with Crippen molar-refractivity contribution in [1.82, 2.24) is 20.2 Å². The molecule has 1 amide bonds. The highest BCUT2D eigenvalue weighted by Gasteiger charge is 2.62. The molecule has 3 heterocycles. The Bertz CT molecular complexity index is 1070. The van der Waals surface area contributed by atoms with Gasteiger partial charge >= 0.3 is 0 Å². The highest BCUT2D eigenvalue weighted by Crippen LogP contribution is 2.52. The molecule has 2 aromatic heterocycles. The normalized spacial score (nSPS) is 23.2. The number of nitrogens with zero attached hydrogens (tertiary/aromatic N) is 4. The Labute approximate surface area is 187 Å². The van der Waals surface area contributed by atoms with Crippen molar-refractivity contribution in [2.75, 3.05) is 16.8 Å². The Morgan fingerprint density at radius 3 is 2.62 bits per heavy atom. The number of rotatable bonds is 6. The number of fused-ring (bicyclic) bond motifs is 1. The summed E-state index contributed by atoms with van der Waals surface area (Å²) in [5, 5.41) is 10.7. The minimum atomic E-state index is -0.0788. The van der Waals surface area contributed by atoms with Crippen LogP contribution in [0.4, 0.5) is 17.6 Å². The molecular weight excluding hydrogens is 404 g/mol. The monoisotopic (exact) mass is 434 g/mol. The quantitative estimate of drug-likeness (QED) is 0.436. The van der Waals surface area contributed by atoms with Gasteiger partial charge < -0.3 is 21.7 Å². The van der Waals surface area contributed by atoms with Crippen LogP contribution in [0.1, 0.15) is 37.2 Å². The molecule has 3 unspecified atom stereocenters. The zero-order valence-electron chi connectivity index (χ0n) is 18.5. The van der Waals surface area contributed by atoms with E-state index in [1.165, 1.54) is 5.56 Å². The van der Waals surface area contributed by atoms with E-state index in [1.807, 2.05) is 18.2 Å². The fraction of sp³-hybridized carbons (Fsp3) is 0.391. The Hall–Kier alpha value is -3.46. The molecule has 1 saturated heterocycles. The number of aromatic nitrogens is 4. The molecule has 0 spiro atoms. The van der Waals surface area contributed by atoms with Crippen molar-refractivity contribution < 1.29 is 4.79 Å². The van der Waals surface area contributed by atoms with E-state index in [0.29, 0.717) is 5.92 Å². The Balaban J connectivity index is 0.000000775. The fourth-order valence-corrected chi connectivity index (χ4v) is 4.36. The number of anilines is 3. The van der Waals surface area contributed by atoms with E-state index in [2.05, 4.69) is 64.3 Å². The molecule has 0 radical (unpaired) electrons. The molecular formula is C23H30N8O. The smallest absolute Gasteiger partial charge is 0.227 e. The number of carbonyl (C=O) groups excluding carboxylic acids is 1. The molecule has 0 bridgehead atoms. The predicted octanol–water partition coefficient (Wildman–Crippen LogP) is 2.12. The van der Waals surface area contributed by atoms with Gasteiger partial charge in [-0.3, -0.25) is 9.89 Å². The summed E-state index contributed by atoms with van der Waals surface area (Å²) in [5.74, 6) is 2.82. The third-order valence-electron chi connectivity index (χ3n) is 6.38. The lowest BCUT2D eigenvalue weighted by atomic mass is 10.1. The van der Waals surface area contributed by atoms with E-state index < -0.39 is 0 Å². The summed E-state index contributed by atoms with van der Waals surface area (Å²) in [6.07, 6.45) is 3.02. The molecule has 2 aliphatic rings. The van der Waals surface area contributed by atoms with Crippen molar-refractivity contribution in [1.29, 1.82) is 0 Å². The van der Waals surface area contributed by atoms with Gasteiger partial charge in [0.25, 0.3) is 0 Å². The summed E-state index contributed by atoms with van der Waals surface area (Å²) >= 11 is 0. The van der Waals surface area contributed by atoms with Crippen LogP contribution in [0.2, 0.25) is 0 Å². The van der Waals surface area contributed by atoms with Crippen molar-refractivity contribution >= 4 is 24.0 Å². The van der Waals surface area contributed by atoms with E-state index in [1.54, 1.807) is 0 Å². The van der Waals surface area contributed by atoms with E-state index in [9.17, 15) is 0 Å². The largest absolute Gasteiger partial charge is 0.372 e. The molecule has 3 aromatic rings. The van der Waals surface area contributed by atoms with Gasteiger partial charge in [-0.15, -0.1) is 0 Å². The van der Waals surface area contributed by atoms with Crippen LogP contribution in [0.3, 0.4) is 0 Å². The van der Waals surface area contributed by atoms with Crippen molar-refractivity contribution in [2.24, 2.45) is 17.4 Å². The number of H-pyrrole nitrogens is 1. The van der Waals surface area contributed by atoms with Crippen LogP contribution >= 0.6 is 0 Å². The third kappa shape index (κ3) is 4.43. The van der Waals surface area contributed by atoms with Gasteiger partial charge in [-0.1, -0.05) is 37.3 Å². The number of piperidine rings is 1. The van der Waals surface area contributed by atoms with E-state index in [4.69, 9.17) is 20.5 Å². The lowest BCUT2D eigenvalue weighted by molar-refractivity contribution is -0.106. The molecule has 1 aliphatic carbocycles. The summed E-state index contributed by atoms with van der Waals surface area (Å²) in [6.45, 7) is 5.21. The number of carbonyl (C=O) groups is 1. The number of hydrogen-bond acceptors (Lipinski definition) is 7. The van der Waals surface area contributed by atoms with Crippen molar-refractivity contribution in [3.8, 4) is 0 Å². The Morgan fingerprint density at radius 1 is 1.25 bits per heavy atom. The van der Waals surface area contributed by atoms with Gasteiger partial charge in [-0.25, -0.2) is 4.98 Å². The maximum absolute atomic E-state index is 8.58. The molecule has 168 valence electrons. The first kappa shape index (κ1) is 21.8. The zero-order valence-corrected chi connectivity index (χ0v) is 18.5. The number of primary amides is 1. The van der Waals surface area contributed by atoms with Crippen LogP contribution in [0.15, 0.2) is 42.5 Å². The van der Waals surface area contributed by atoms with Crippen molar-refractivity contribution in [3.05, 3.63) is 59.4 Å². The van der Waals surface area contributed by atoms with Crippen LogP contribution in [-0.4, -0.2) is 44.7 Å². The van der Waals surface area contributed by atoms with E-state index >= 15 is 0 Å². The highest BCUT2D eigenvalue weighted by atomic mass is 16.1. The molecule has 3 atom stereocenters. The predicted molar refractivity (Wildman–Crippen MR) is 125 cm³/mol. The van der Waals surface area contributed by atoms with Crippen LogP contribution < -0.4 is 21.7 Å². The molecule has 1 aliphatic heterocycles. The topological polar surface area (TPSA) is 139 Å². The number of aromatic amines is 1. The number of nitrogens with one attached hydrogen (secondary N) is 2. The summed E-state index contributed by atoms with van der Waals surface area (Å²) in [5.41, 5.74) is 13.9. The second-order valence-corrected chi connectivity index (χ2v) is 8.44. The number of nitrogens with two attached hydrogens (primary N) is 2. The van der Waals surface area contributed by atoms with Gasteiger partial charge in [0.05, 0.1) is 5.69 Å². The van der Waals surface area contributed by atoms with E-state index in [-0.39, 0.29) is 18.0 Å². The highest BCUT2D eigenvalue weighted by molar-refractivity contribution is 5.56. The van der Waals surface area contributed by atoms with Crippen LogP contribution in [-0.2, 0) is 17.6 Å². The first-order valence-corrected chi connectivity index (χ1v) is 10.9. The van der Waals surface area contributed by atoms with Gasteiger partial charge in [-0.05, 0) is 31.2 Å². The van der Waals surface area contributed by atoms with Gasteiger partial charge in [0.2, 0.25) is 12.4 Å². The number of benzene rings is 1. The van der Waals surface area contributed by atoms with E-state index in [0.717, 1.165) is 54.8 Å². The second kappa shape index (κ2) is 8.96. The molecule has 5 rings (SSSR count). The first-order chi connectivity index (χ1) is 15.5. The van der Waals surface area contributed by atoms with Gasteiger partial charge in [-0.2, -0.15) is 10.1 Å². The molecule has 32 heavy (non-hydrogen) atoms. The molecule has 1 aromatic carbocycles.